The average molecular weight is 390 g/mol. The van der Waals surface area contributed by atoms with E-state index in [9.17, 15) is 9.59 Å². The van der Waals surface area contributed by atoms with Crippen molar-refractivity contribution in [1.29, 1.82) is 0 Å². The van der Waals surface area contributed by atoms with Crippen LogP contribution in [0.25, 0.3) is 0 Å². The van der Waals surface area contributed by atoms with Crippen LogP contribution in [0.5, 0.6) is 5.75 Å². The molecule has 1 amide bonds. The molecule has 0 atom stereocenters. The van der Waals surface area contributed by atoms with Crippen molar-refractivity contribution < 1.29 is 9.53 Å². The van der Waals surface area contributed by atoms with Crippen molar-refractivity contribution >= 4 is 5.91 Å². The number of hydrogen-bond donors (Lipinski definition) is 1. The van der Waals surface area contributed by atoms with Crippen LogP contribution >= 0.6 is 0 Å². The fourth-order valence-corrected chi connectivity index (χ4v) is 2.96. The van der Waals surface area contributed by atoms with Gasteiger partial charge in [0, 0.05) is 25.2 Å². The Kier molecular flexibility index (Phi) is 6.85. The van der Waals surface area contributed by atoms with E-state index in [0.717, 1.165) is 16.8 Å². The second-order valence-electron chi connectivity index (χ2n) is 7.14. The molecule has 0 aliphatic rings. The van der Waals surface area contributed by atoms with Gasteiger partial charge in [-0.3, -0.25) is 9.59 Å². The third-order valence-electron chi connectivity index (χ3n) is 4.77. The van der Waals surface area contributed by atoms with E-state index in [1.807, 2.05) is 73.1 Å². The quantitative estimate of drug-likeness (QED) is 0.640. The summed E-state index contributed by atoms with van der Waals surface area (Å²) in [6.07, 6.45) is 2.77. The largest absolute Gasteiger partial charge is 0.483 e. The van der Waals surface area contributed by atoms with Gasteiger partial charge in [0.2, 0.25) is 11.3 Å². The Morgan fingerprint density at radius 3 is 2.48 bits per heavy atom. The number of nitrogens with zero attached hydrogens (tertiary/aromatic N) is 1. The summed E-state index contributed by atoms with van der Waals surface area (Å²) < 4.78 is 7.47. The maximum atomic E-state index is 12.3. The molecule has 0 unspecified atom stereocenters. The molecule has 5 heteroatoms. The maximum Gasteiger partial charge on any atom is 0.223 e. The molecule has 0 radical (unpaired) electrons. The molecule has 2 aromatic carbocycles. The first-order valence-corrected chi connectivity index (χ1v) is 9.70. The summed E-state index contributed by atoms with van der Waals surface area (Å²) in [5.41, 5.74) is 3.88. The fourth-order valence-electron chi connectivity index (χ4n) is 2.96. The minimum atomic E-state index is -0.192. The van der Waals surface area contributed by atoms with Crippen LogP contribution in [0, 0.1) is 6.92 Å². The van der Waals surface area contributed by atoms with E-state index in [1.54, 1.807) is 6.20 Å². The molecular weight excluding hydrogens is 364 g/mol. The van der Waals surface area contributed by atoms with Gasteiger partial charge in [0.15, 0.2) is 5.75 Å². The van der Waals surface area contributed by atoms with Crippen molar-refractivity contribution in [2.24, 2.45) is 7.05 Å². The van der Waals surface area contributed by atoms with Crippen LogP contribution in [0.1, 0.15) is 28.8 Å². The van der Waals surface area contributed by atoms with Gasteiger partial charge in [-0.25, -0.2) is 0 Å². The molecule has 0 bridgehead atoms. The standard InChI is InChI=1S/C24H26N2O3/c1-18-8-10-19(11-9-18)12-13-24(28)25-15-21-14-22(27)23(16-26(21)2)29-17-20-6-4-3-5-7-20/h3-11,14,16H,12-13,15,17H2,1-2H3,(H,25,28). The Labute approximate surface area is 171 Å². The van der Waals surface area contributed by atoms with Gasteiger partial charge in [0.05, 0.1) is 12.7 Å². The smallest absolute Gasteiger partial charge is 0.223 e. The van der Waals surface area contributed by atoms with Crippen molar-refractivity contribution in [1.82, 2.24) is 9.88 Å². The van der Waals surface area contributed by atoms with Crippen molar-refractivity contribution in [2.45, 2.75) is 32.9 Å². The summed E-state index contributed by atoms with van der Waals surface area (Å²) in [6.45, 7) is 2.68. The molecule has 1 aromatic heterocycles. The van der Waals surface area contributed by atoms with Crippen LogP contribution in [0.3, 0.4) is 0 Å². The van der Waals surface area contributed by atoms with Crippen molar-refractivity contribution in [2.75, 3.05) is 0 Å². The highest BCUT2D eigenvalue weighted by molar-refractivity contribution is 5.76. The molecule has 0 saturated carbocycles. The van der Waals surface area contributed by atoms with Gasteiger partial charge in [0.25, 0.3) is 0 Å². The highest BCUT2D eigenvalue weighted by atomic mass is 16.5. The monoisotopic (exact) mass is 390 g/mol. The number of amides is 1. The first-order valence-electron chi connectivity index (χ1n) is 9.70. The van der Waals surface area contributed by atoms with E-state index in [1.165, 1.54) is 11.6 Å². The van der Waals surface area contributed by atoms with Gasteiger partial charge >= 0.3 is 0 Å². The van der Waals surface area contributed by atoms with Crippen LogP contribution in [0.4, 0.5) is 0 Å². The Balaban J connectivity index is 1.52. The zero-order chi connectivity index (χ0) is 20.6. The average Bonchev–Trinajstić information content (AvgIpc) is 2.73. The van der Waals surface area contributed by atoms with E-state index in [2.05, 4.69) is 5.32 Å². The molecule has 1 heterocycles. The molecular formula is C24H26N2O3. The number of aryl methyl sites for hydroxylation is 3. The summed E-state index contributed by atoms with van der Waals surface area (Å²) >= 11 is 0. The molecule has 29 heavy (non-hydrogen) atoms. The Morgan fingerprint density at radius 1 is 1.03 bits per heavy atom. The Bertz CT molecular complexity index is 1010. The molecule has 0 aliphatic carbocycles. The van der Waals surface area contributed by atoms with Gasteiger partial charge in [-0.15, -0.1) is 0 Å². The van der Waals surface area contributed by atoms with E-state index in [4.69, 9.17) is 4.74 Å². The van der Waals surface area contributed by atoms with E-state index in [0.29, 0.717) is 31.7 Å². The molecule has 0 saturated heterocycles. The van der Waals surface area contributed by atoms with Gasteiger partial charge in [0.1, 0.15) is 6.61 Å². The second kappa shape index (κ2) is 9.73. The predicted molar refractivity (Wildman–Crippen MR) is 114 cm³/mol. The minimum absolute atomic E-state index is 0.0394. The number of hydrogen-bond acceptors (Lipinski definition) is 3. The van der Waals surface area contributed by atoms with Crippen LogP contribution in [0.2, 0.25) is 0 Å². The van der Waals surface area contributed by atoms with Gasteiger partial charge in [-0.2, -0.15) is 0 Å². The molecule has 1 N–H and O–H groups in total. The zero-order valence-electron chi connectivity index (χ0n) is 16.9. The van der Waals surface area contributed by atoms with Crippen LogP contribution in [-0.2, 0) is 31.4 Å². The number of carbonyl (C=O) groups is 1. The van der Waals surface area contributed by atoms with E-state index >= 15 is 0 Å². The highest BCUT2D eigenvalue weighted by Gasteiger charge is 2.08. The second-order valence-corrected chi connectivity index (χ2v) is 7.14. The first-order chi connectivity index (χ1) is 14.0. The van der Waals surface area contributed by atoms with Crippen molar-refractivity contribution in [3.8, 4) is 5.75 Å². The third-order valence-corrected chi connectivity index (χ3v) is 4.77. The molecule has 5 nitrogen and oxygen atoms in total. The first kappa shape index (κ1) is 20.4. The van der Waals surface area contributed by atoms with Gasteiger partial charge < -0.3 is 14.6 Å². The lowest BCUT2D eigenvalue weighted by atomic mass is 10.1. The molecule has 0 aliphatic heterocycles. The predicted octanol–water partition coefficient (Wildman–Crippen LogP) is 3.52. The highest BCUT2D eigenvalue weighted by Crippen LogP contribution is 2.10. The maximum absolute atomic E-state index is 12.3. The normalized spacial score (nSPS) is 10.6. The summed E-state index contributed by atoms with van der Waals surface area (Å²) in [4.78, 5) is 24.5. The van der Waals surface area contributed by atoms with E-state index < -0.39 is 0 Å². The third kappa shape index (κ3) is 6.07. The number of nitrogens with one attached hydrogen (secondary N) is 1. The van der Waals surface area contributed by atoms with Crippen molar-refractivity contribution in [3.63, 3.8) is 0 Å². The summed E-state index contributed by atoms with van der Waals surface area (Å²) in [7, 11) is 1.84. The molecule has 3 aromatic rings. The van der Waals surface area contributed by atoms with Crippen LogP contribution < -0.4 is 15.5 Å². The van der Waals surface area contributed by atoms with Crippen LogP contribution in [-0.4, -0.2) is 10.5 Å². The van der Waals surface area contributed by atoms with Crippen molar-refractivity contribution in [3.05, 3.63) is 99.5 Å². The fraction of sp³-hybridized carbons (Fsp3) is 0.250. The lowest BCUT2D eigenvalue weighted by molar-refractivity contribution is -0.121. The molecule has 0 fully saturated rings. The van der Waals surface area contributed by atoms with Crippen LogP contribution in [0.15, 0.2) is 71.7 Å². The van der Waals surface area contributed by atoms with E-state index in [-0.39, 0.29) is 11.3 Å². The number of aromatic nitrogens is 1. The number of ether oxygens (including phenoxy) is 1. The zero-order valence-corrected chi connectivity index (χ0v) is 16.9. The lowest BCUT2D eigenvalue weighted by Crippen LogP contribution is -2.26. The van der Waals surface area contributed by atoms with Gasteiger partial charge in [-0.05, 0) is 24.5 Å². The Hall–Kier alpha value is -3.34. The summed E-state index contributed by atoms with van der Waals surface area (Å²) in [6, 6.07) is 19.4. The lowest BCUT2D eigenvalue weighted by Gasteiger charge is -2.13. The number of rotatable bonds is 8. The molecule has 0 spiro atoms. The summed E-state index contributed by atoms with van der Waals surface area (Å²) in [5, 5.41) is 2.89. The number of pyridine rings is 1. The Morgan fingerprint density at radius 2 is 1.76 bits per heavy atom. The topological polar surface area (TPSA) is 60.3 Å². The minimum Gasteiger partial charge on any atom is -0.483 e. The number of benzene rings is 2. The SMILES string of the molecule is Cc1ccc(CCC(=O)NCc2cc(=O)c(OCc3ccccc3)cn2C)cc1. The molecule has 150 valence electrons. The number of carbonyl (C=O) groups excluding carboxylic acids is 1. The molecule has 3 rings (SSSR count). The summed E-state index contributed by atoms with van der Waals surface area (Å²) in [5.74, 6) is 0.258. The van der Waals surface area contributed by atoms with Gasteiger partial charge in [-0.1, -0.05) is 60.2 Å².